The maximum atomic E-state index is 13.4. The Balaban J connectivity index is 2.63. The second kappa shape index (κ2) is 18.1. The number of halogens is 6. The van der Waals surface area contributed by atoms with Crippen molar-refractivity contribution in [2.75, 3.05) is 19.1 Å². The largest absolute Gasteiger partial charge is 0.513 e. The Morgan fingerprint density at radius 1 is 0.605 bits per heavy atom. The molecule has 43 heavy (non-hydrogen) atoms. The van der Waals surface area contributed by atoms with Crippen LogP contribution in [0.2, 0.25) is 0 Å². The number of benzene rings is 1. The Bertz CT molecular complexity index is 1110. The number of sulfonamides is 2. The highest BCUT2D eigenvalue weighted by Crippen LogP contribution is 2.61. The average molecular weight is 688 g/mol. The fourth-order valence-corrected chi connectivity index (χ4v) is 12.7. The number of hydrogen-bond donors (Lipinski definition) is 0. The summed E-state index contributed by atoms with van der Waals surface area (Å²) < 4.78 is 133. The topological polar surface area (TPSA) is 80.8 Å². The number of unbranched alkanes of at least 4 members (excludes halogenated alkanes) is 15. The van der Waals surface area contributed by atoms with Gasteiger partial charge in [-0.1, -0.05) is 115 Å². The Labute approximate surface area is 255 Å². The van der Waals surface area contributed by atoms with Crippen LogP contribution in [-0.4, -0.2) is 50.1 Å². The minimum Gasteiger partial charge on any atom is -0.492 e. The zero-order chi connectivity index (χ0) is 32.8. The molecular weight excluding hydrogens is 640 g/mol. The van der Waals surface area contributed by atoms with Crippen molar-refractivity contribution in [2.24, 2.45) is 0 Å². The molecule has 1 aromatic carbocycles. The minimum atomic E-state index is -6.95. The summed E-state index contributed by atoms with van der Waals surface area (Å²) in [5.41, 5.74) is -12.6. The van der Waals surface area contributed by atoms with Crippen molar-refractivity contribution in [3.05, 3.63) is 24.3 Å². The van der Waals surface area contributed by atoms with Crippen molar-refractivity contribution >= 4 is 30.3 Å². The summed E-state index contributed by atoms with van der Waals surface area (Å²) in [7, 11) is -17.9. The van der Waals surface area contributed by atoms with Crippen LogP contribution in [0.1, 0.15) is 110 Å². The summed E-state index contributed by atoms with van der Waals surface area (Å²) in [4.78, 5) is -0.382. The highest BCUT2D eigenvalue weighted by molar-refractivity contribution is 8.40. The molecule has 0 fully saturated rings. The predicted octanol–water partition coefficient (Wildman–Crippen LogP) is 9.67. The van der Waals surface area contributed by atoms with E-state index in [0.29, 0.717) is 6.42 Å². The van der Waals surface area contributed by atoms with Crippen LogP contribution in [0.15, 0.2) is 29.2 Å². The average Bonchev–Trinajstić information content (AvgIpc) is 2.89. The highest BCUT2D eigenvalue weighted by atomic mass is 32.4. The van der Waals surface area contributed by atoms with Gasteiger partial charge in [0.05, 0.1) is 6.61 Å². The molecule has 0 unspecified atom stereocenters. The third kappa shape index (κ3) is 12.3. The molecule has 0 spiro atoms. The van der Waals surface area contributed by atoms with Crippen molar-refractivity contribution in [1.82, 2.24) is 3.12 Å². The number of para-hydroxylation sites is 1. The second-order valence-electron chi connectivity index (χ2n) is 10.9. The first-order valence-electron chi connectivity index (χ1n) is 14.8. The number of hydrogen-bond acceptors (Lipinski definition) is 5. The van der Waals surface area contributed by atoms with Gasteiger partial charge in [0.2, 0.25) is 0 Å². The van der Waals surface area contributed by atoms with Gasteiger partial charge in [-0.25, -0.2) is 16.8 Å². The lowest BCUT2D eigenvalue weighted by molar-refractivity contribution is -0.0505. The molecule has 0 radical (unpaired) electrons. The van der Waals surface area contributed by atoms with Crippen molar-refractivity contribution in [1.29, 1.82) is 0 Å². The van der Waals surface area contributed by atoms with Crippen LogP contribution in [0.5, 0.6) is 5.75 Å². The standard InChI is InChI=1S/C28H47F6NO5S3/c1-4-5-6-7-8-9-10-11-12-13-14-15-16-17-18-21-24-40-25-22-19-20-23-26(25)41(2,3)35(42(36,37)27(29,30)31)43(38,39)28(32,33)34/h19-20,22-23H,4-18,21,24H2,1-3H3. The Morgan fingerprint density at radius 2 is 0.953 bits per heavy atom. The van der Waals surface area contributed by atoms with Gasteiger partial charge in [0.15, 0.2) is 0 Å². The van der Waals surface area contributed by atoms with Crippen LogP contribution in [0.3, 0.4) is 0 Å². The first-order chi connectivity index (χ1) is 19.9. The molecule has 0 bridgehead atoms. The molecule has 0 aliphatic carbocycles. The van der Waals surface area contributed by atoms with E-state index in [-0.39, 0.29) is 17.3 Å². The molecule has 0 aliphatic rings. The fourth-order valence-electron chi connectivity index (χ4n) is 4.68. The molecule has 0 amide bonds. The van der Waals surface area contributed by atoms with Crippen molar-refractivity contribution in [3.8, 4) is 5.75 Å². The van der Waals surface area contributed by atoms with E-state index in [1.165, 1.54) is 82.4 Å². The number of nitrogens with zero attached hydrogens (tertiary/aromatic N) is 1. The smallest absolute Gasteiger partial charge is 0.492 e. The Morgan fingerprint density at radius 3 is 1.33 bits per heavy atom. The van der Waals surface area contributed by atoms with Crippen LogP contribution in [-0.2, 0) is 20.0 Å². The molecule has 1 rings (SSSR count). The summed E-state index contributed by atoms with van der Waals surface area (Å²) in [6.45, 7) is 2.29. The predicted molar refractivity (Wildman–Crippen MR) is 161 cm³/mol. The second-order valence-corrected chi connectivity index (χ2v) is 18.5. The fraction of sp³-hybridized carbons (Fsp3) is 0.786. The van der Waals surface area contributed by atoms with Gasteiger partial charge >= 0.3 is 31.1 Å². The molecule has 0 atom stereocenters. The van der Waals surface area contributed by atoms with Gasteiger partial charge in [0.25, 0.3) is 0 Å². The molecule has 0 aliphatic heterocycles. The third-order valence-corrected chi connectivity index (χ3v) is 15.7. The molecule has 0 N–H and O–H groups in total. The van der Waals surface area contributed by atoms with Gasteiger partial charge in [-0.2, -0.15) is 26.3 Å². The Hall–Kier alpha value is -1.19. The molecule has 0 saturated carbocycles. The lowest BCUT2D eigenvalue weighted by Crippen LogP contribution is -2.49. The van der Waals surface area contributed by atoms with Crippen molar-refractivity contribution in [3.63, 3.8) is 0 Å². The van der Waals surface area contributed by atoms with E-state index in [1.54, 1.807) is 0 Å². The van der Waals surface area contributed by atoms with E-state index in [0.717, 1.165) is 50.7 Å². The first-order valence-corrected chi connectivity index (χ1v) is 20.1. The van der Waals surface area contributed by atoms with E-state index in [9.17, 15) is 43.2 Å². The summed E-state index contributed by atoms with van der Waals surface area (Å²) in [5.74, 6) is -0.178. The van der Waals surface area contributed by atoms with E-state index >= 15 is 0 Å². The maximum absolute atomic E-state index is 13.4. The molecule has 6 nitrogen and oxygen atoms in total. The minimum absolute atomic E-state index is 0.0724. The van der Waals surface area contributed by atoms with Crippen LogP contribution in [0.4, 0.5) is 26.3 Å². The summed E-state index contributed by atoms with van der Waals surface area (Å²) in [5, 5.41) is 0. The third-order valence-electron chi connectivity index (χ3n) is 6.99. The van der Waals surface area contributed by atoms with E-state index in [1.807, 2.05) is 0 Å². The van der Waals surface area contributed by atoms with Gasteiger partial charge in [0.1, 0.15) is 5.75 Å². The quantitative estimate of drug-likeness (QED) is 0.0896. The van der Waals surface area contributed by atoms with Gasteiger partial charge in [-0.3, -0.25) is 0 Å². The van der Waals surface area contributed by atoms with E-state index in [4.69, 9.17) is 4.74 Å². The molecule has 15 heteroatoms. The molecule has 0 saturated heterocycles. The zero-order valence-corrected chi connectivity index (χ0v) is 27.8. The molecule has 0 heterocycles. The van der Waals surface area contributed by atoms with Gasteiger partial charge in [0, 0.05) is 4.90 Å². The van der Waals surface area contributed by atoms with Crippen LogP contribution >= 0.6 is 10.2 Å². The zero-order valence-electron chi connectivity index (χ0n) is 25.3. The Kier molecular flexibility index (Phi) is 16.7. The molecular formula is C28H47F6NO5S3. The monoisotopic (exact) mass is 687 g/mol. The molecule has 254 valence electrons. The number of ether oxygens (including phenoxy) is 1. The summed E-state index contributed by atoms with van der Waals surface area (Å²) in [6.07, 6.45) is 19.9. The van der Waals surface area contributed by atoms with E-state index in [2.05, 4.69) is 6.92 Å². The lowest BCUT2D eigenvalue weighted by atomic mass is 10.0. The number of rotatable bonds is 22. The maximum Gasteiger partial charge on any atom is 0.513 e. The number of alkyl halides is 6. The summed E-state index contributed by atoms with van der Waals surface area (Å²) in [6, 6.07) is 4.99. The van der Waals surface area contributed by atoms with Gasteiger partial charge < -0.3 is 4.74 Å². The van der Waals surface area contributed by atoms with Crippen molar-refractivity contribution < 1.29 is 47.9 Å². The lowest BCUT2D eigenvalue weighted by Gasteiger charge is -2.41. The molecule has 1 aromatic rings. The van der Waals surface area contributed by atoms with Crippen LogP contribution < -0.4 is 4.74 Å². The van der Waals surface area contributed by atoms with Crippen molar-refractivity contribution in [2.45, 2.75) is 126 Å². The normalized spacial score (nSPS) is 13.9. The molecule has 0 aromatic heterocycles. The first kappa shape index (κ1) is 39.8. The van der Waals surface area contributed by atoms with Gasteiger partial charge in [-0.05, 0) is 34.2 Å². The van der Waals surface area contributed by atoms with Gasteiger partial charge in [-0.15, -0.1) is 10.2 Å². The van der Waals surface area contributed by atoms with Crippen LogP contribution in [0.25, 0.3) is 0 Å². The highest BCUT2D eigenvalue weighted by Gasteiger charge is 2.65. The SMILES string of the molecule is CCCCCCCCCCCCCCCCCCOc1ccccc1S(C)(C)N(S(=O)(=O)C(F)(F)F)S(=O)(=O)C(F)(F)F. The summed E-state index contributed by atoms with van der Waals surface area (Å²) >= 11 is 0. The van der Waals surface area contributed by atoms with E-state index < -0.39 is 44.4 Å². The van der Waals surface area contributed by atoms with Crippen LogP contribution in [0, 0.1) is 0 Å².